The number of hydrogen-bond acceptors (Lipinski definition) is 8. The molecule has 2 bridgehead atoms. The molecule has 2 aromatic heterocycles. The number of ether oxygens (including phenoxy) is 2. The molecule has 2 aliphatic heterocycles. The molecule has 3 aliphatic rings. The molecule has 34 heavy (non-hydrogen) atoms. The third-order valence-corrected chi connectivity index (χ3v) is 7.07. The highest BCUT2D eigenvalue weighted by Crippen LogP contribution is 2.40. The Balaban J connectivity index is 1.21. The van der Waals surface area contributed by atoms with E-state index in [0.717, 1.165) is 37.4 Å². The third-order valence-electron chi connectivity index (χ3n) is 6.85. The van der Waals surface area contributed by atoms with Crippen molar-refractivity contribution >= 4 is 23.4 Å². The van der Waals surface area contributed by atoms with Gasteiger partial charge >= 0.3 is 6.01 Å². The average molecular weight is 486 g/mol. The SMILES string of the molecule is Cc1cc(N2C[C@H]3CC[C@@H](C2)C3Nc2nc(Oc3cc(F)cc(Cl)c3)n(C3COC3)n2)ncn1. The van der Waals surface area contributed by atoms with Crippen molar-refractivity contribution in [2.75, 3.05) is 36.5 Å². The molecule has 1 aliphatic carbocycles. The normalized spacial score (nSPS) is 24.2. The summed E-state index contributed by atoms with van der Waals surface area (Å²) in [5.74, 6) is 2.22. The van der Waals surface area contributed by atoms with Crippen molar-refractivity contribution in [3.05, 3.63) is 47.1 Å². The van der Waals surface area contributed by atoms with Gasteiger partial charge in [-0.25, -0.2) is 19.0 Å². The molecule has 178 valence electrons. The fourth-order valence-electron chi connectivity index (χ4n) is 5.14. The molecule has 3 aromatic rings. The van der Waals surface area contributed by atoms with E-state index in [2.05, 4.69) is 30.3 Å². The molecule has 1 aromatic carbocycles. The molecule has 1 N–H and O–H groups in total. The van der Waals surface area contributed by atoms with E-state index in [1.807, 2.05) is 13.0 Å². The van der Waals surface area contributed by atoms with Crippen molar-refractivity contribution in [1.29, 1.82) is 0 Å². The first kappa shape index (κ1) is 21.5. The van der Waals surface area contributed by atoms with Crippen LogP contribution in [0, 0.1) is 24.6 Å². The van der Waals surface area contributed by atoms with Crippen LogP contribution in [0.15, 0.2) is 30.6 Å². The second-order valence-electron chi connectivity index (χ2n) is 9.25. The van der Waals surface area contributed by atoms with Crippen molar-refractivity contribution in [2.45, 2.75) is 31.8 Å². The zero-order valence-electron chi connectivity index (χ0n) is 18.7. The molecule has 6 rings (SSSR count). The van der Waals surface area contributed by atoms with E-state index < -0.39 is 5.82 Å². The maximum Gasteiger partial charge on any atom is 0.322 e. The molecule has 1 saturated carbocycles. The summed E-state index contributed by atoms with van der Waals surface area (Å²) in [7, 11) is 0. The van der Waals surface area contributed by atoms with Crippen LogP contribution in [0.25, 0.3) is 0 Å². The molecule has 1 unspecified atom stereocenters. The van der Waals surface area contributed by atoms with Crippen molar-refractivity contribution in [2.24, 2.45) is 11.8 Å². The molecule has 2 saturated heterocycles. The molecule has 4 heterocycles. The summed E-state index contributed by atoms with van der Waals surface area (Å²) in [4.78, 5) is 15.7. The maximum atomic E-state index is 13.8. The summed E-state index contributed by atoms with van der Waals surface area (Å²) in [6.45, 7) is 4.90. The first-order chi connectivity index (χ1) is 16.5. The zero-order chi connectivity index (χ0) is 23.2. The fourth-order valence-corrected chi connectivity index (χ4v) is 5.35. The van der Waals surface area contributed by atoms with Crippen molar-refractivity contribution in [3.8, 4) is 11.8 Å². The van der Waals surface area contributed by atoms with E-state index in [1.165, 1.54) is 12.1 Å². The van der Waals surface area contributed by atoms with E-state index in [1.54, 1.807) is 17.1 Å². The number of rotatable bonds is 6. The summed E-state index contributed by atoms with van der Waals surface area (Å²) >= 11 is 5.99. The van der Waals surface area contributed by atoms with Gasteiger partial charge in [-0.3, -0.25) is 0 Å². The molecular weight excluding hydrogens is 461 g/mol. The number of nitrogens with one attached hydrogen (secondary N) is 1. The molecule has 9 nitrogen and oxygen atoms in total. The van der Waals surface area contributed by atoms with Gasteiger partial charge in [0.1, 0.15) is 29.8 Å². The lowest BCUT2D eigenvalue weighted by Gasteiger charge is -2.38. The van der Waals surface area contributed by atoms with Crippen molar-refractivity contribution in [3.63, 3.8) is 0 Å². The molecule has 3 atom stereocenters. The molecule has 0 amide bonds. The molecule has 0 radical (unpaired) electrons. The van der Waals surface area contributed by atoms with Crippen LogP contribution >= 0.6 is 11.6 Å². The predicted molar refractivity (Wildman–Crippen MR) is 124 cm³/mol. The Kier molecular flexibility index (Phi) is 5.49. The lowest BCUT2D eigenvalue weighted by molar-refractivity contribution is -0.0312. The van der Waals surface area contributed by atoms with Gasteiger partial charge in [0, 0.05) is 42.0 Å². The quantitative estimate of drug-likeness (QED) is 0.563. The van der Waals surface area contributed by atoms with Crippen LogP contribution in [-0.2, 0) is 4.74 Å². The third kappa shape index (κ3) is 4.16. The second-order valence-corrected chi connectivity index (χ2v) is 9.69. The van der Waals surface area contributed by atoms with Crippen molar-refractivity contribution in [1.82, 2.24) is 24.7 Å². The Bertz CT molecular complexity index is 1170. The zero-order valence-corrected chi connectivity index (χ0v) is 19.5. The summed E-state index contributed by atoms with van der Waals surface area (Å²) in [6, 6.07) is 6.69. The number of aryl methyl sites for hydroxylation is 1. The monoisotopic (exact) mass is 485 g/mol. The summed E-state index contributed by atoms with van der Waals surface area (Å²) < 4.78 is 26.7. The lowest BCUT2D eigenvalue weighted by atomic mass is 9.92. The van der Waals surface area contributed by atoms with Crippen LogP contribution in [0.1, 0.15) is 24.6 Å². The Hall–Kier alpha value is -2.98. The number of piperidine rings is 1. The number of hydrogen-bond donors (Lipinski definition) is 1. The summed E-state index contributed by atoms with van der Waals surface area (Å²) in [5.41, 5.74) is 0.972. The molecule has 0 spiro atoms. The Labute approximate surface area is 201 Å². The van der Waals surface area contributed by atoms with E-state index in [4.69, 9.17) is 21.1 Å². The molecule has 11 heteroatoms. The molecule has 3 fully saturated rings. The number of benzene rings is 1. The minimum atomic E-state index is -0.471. The average Bonchev–Trinajstić information content (AvgIpc) is 3.21. The van der Waals surface area contributed by atoms with Gasteiger partial charge < -0.3 is 19.7 Å². The summed E-state index contributed by atoms with van der Waals surface area (Å²) in [5, 5.41) is 8.51. The minimum absolute atomic E-state index is 0.0293. The topological polar surface area (TPSA) is 90.2 Å². The standard InChI is InChI=1S/C23H25ClFN7O2/c1-13-4-20(27-12-26-13)31-8-14-2-3-15(9-31)21(14)28-22-29-23(32(30-22)18-10-33-11-18)34-19-6-16(24)5-17(25)7-19/h4-7,12,14-15,18,21H,2-3,8-11H2,1H3,(H,28,30)/t14-,15+,21?. The summed E-state index contributed by atoms with van der Waals surface area (Å²) in [6.07, 6.45) is 3.92. The highest BCUT2D eigenvalue weighted by atomic mass is 35.5. The van der Waals surface area contributed by atoms with Crippen LogP contribution in [0.3, 0.4) is 0 Å². The van der Waals surface area contributed by atoms with E-state index in [9.17, 15) is 4.39 Å². The van der Waals surface area contributed by atoms with Gasteiger partial charge in [-0.2, -0.15) is 4.98 Å². The van der Waals surface area contributed by atoms with Crippen LogP contribution in [0.4, 0.5) is 16.2 Å². The van der Waals surface area contributed by atoms with Gasteiger partial charge in [-0.05, 0) is 43.7 Å². The second kappa shape index (κ2) is 8.66. The van der Waals surface area contributed by atoms with E-state index >= 15 is 0 Å². The Morgan fingerprint density at radius 2 is 1.91 bits per heavy atom. The number of halogens is 2. The lowest BCUT2D eigenvalue weighted by Crippen LogP contribution is -2.48. The van der Waals surface area contributed by atoms with Crippen LogP contribution in [0.2, 0.25) is 5.02 Å². The van der Waals surface area contributed by atoms with E-state index in [-0.39, 0.29) is 22.9 Å². The van der Waals surface area contributed by atoms with Gasteiger partial charge in [0.15, 0.2) is 0 Å². The van der Waals surface area contributed by atoms with E-state index in [0.29, 0.717) is 37.0 Å². The first-order valence-electron chi connectivity index (χ1n) is 11.5. The van der Waals surface area contributed by atoms with Crippen LogP contribution in [-0.4, -0.2) is 57.1 Å². The highest BCUT2D eigenvalue weighted by molar-refractivity contribution is 6.30. The Morgan fingerprint density at radius 1 is 1.12 bits per heavy atom. The maximum absolute atomic E-state index is 13.8. The van der Waals surface area contributed by atoms with Crippen LogP contribution < -0.4 is 15.0 Å². The van der Waals surface area contributed by atoms with Crippen molar-refractivity contribution < 1.29 is 13.9 Å². The van der Waals surface area contributed by atoms with Crippen LogP contribution in [0.5, 0.6) is 11.8 Å². The van der Waals surface area contributed by atoms with Gasteiger partial charge in [0.05, 0.1) is 13.2 Å². The number of nitrogens with zero attached hydrogens (tertiary/aromatic N) is 6. The highest BCUT2D eigenvalue weighted by Gasteiger charge is 2.43. The largest absolute Gasteiger partial charge is 0.424 e. The number of aromatic nitrogens is 5. The smallest absolute Gasteiger partial charge is 0.322 e. The van der Waals surface area contributed by atoms with Gasteiger partial charge in [-0.15, -0.1) is 5.10 Å². The fraction of sp³-hybridized carbons (Fsp3) is 0.478. The first-order valence-corrected chi connectivity index (χ1v) is 11.9. The molecular formula is C23H25ClFN7O2. The Morgan fingerprint density at radius 3 is 2.59 bits per heavy atom. The van der Waals surface area contributed by atoms with Gasteiger partial charge in [0.25, 0.3) is 0 Å². The predicted octanol–water partition coefficient (Wildman–Crippen LogP) is 3.86. The minimum Gasteiger partial charge on any atom is -0.424 e. The number of fused-ring (bicyclic) bond motifs is 2. The number of anilines is 2. The van der Waals surface area contributed by atoms with Gasteiger partial charge in [-0.1, -0.05) is 11.6 Å². The van der Waals surface area contributed by atoms with Gasteiger partial charge in [0.2, 0.25) is 5.95 Å².